The van der Waals surface area contributed by atoms with Gasteiger partial charge in [-0.15, -0.1) is 0 Å². The predicted molar refractivity (Wildman–Crippen MR) is 126 cm³/mol. The van der Waals surface area contributed by atoms with Crippen LogP contribution in [0.25, 0.3) is 0 Å². The molecule has 0 aliphatic rings. The molecule has 0 N–H and O–H groups in total. The lowest BCUT2D eigenvalue weighted by atomic mass is 10.5. The molecular weight excluding hydrogens is 452 g/mol. The van der Waals surface area contributed by atoms with Crippen LogP contribution in [-0.2, 0) is 36.1 Å². The Morgan fingerprint density at radius 3 is 0.875 bits per heavy atom. The highest BCUT2D eigenvalue weighted by molar-refractivity contribution is 6.63. The van der Waals surface area contributed by atoms with Crippen molar-refractivity contribution in [3.05, 3.63) is 0 Å². The van der Waals surface area contributed by atoms with E-state index in [0.717, 1.165) is 0 Å². The van der Waals surface area contributed by atoms with Gasteiger partial charge in [-0.3, -0.25) is 0 Å². The van der Waals surface area contributed by atoms with E-state index < -0.39 is 17.6 Å². The minimum Gasteiger partial charge on any atom is -0.372 e. The Hall–Kier alpha value is -1.05. The van der Waals surface area contributed by atoms with Crippen LogP contribution in [-0.4, -0.2) is 80.7 Å². The molecule has 0 bridgehead atoms. The lowest BCUT2D eigenvalue weighted by Crippen LogP contribution is -2.55. The molecule has 0 aliphatic heterocycles. The van der Waals surface area contributed by atoms with Crippen LogP contribution in [0.4, 0.5) is 0 Å². The van der Waals surface area contributed by atoms with Gasteiger partial charge in [-0.25, -0.2) is 9.59 Å². The molecule has 0 radical (unpaired) electrons. The van der Waals surface area contributed by atoms with Crippen molar-refractivity contribution >= 4 is 29.8 Å². The first kappa shape index (κ1) is 33.1. The molecule has 0 aliphatic carbocycles. The van der Waals surface area contributed by atoms with Gasteiger partial charge in [0, 0.05) is 39.6 Å². The van der Waals surface area contributed by atoms with Crippen LogP contribution in [0.15, 0.2) is 9.98 Å². The quantitative estimate of drug-likeness (QED) is 0.162. The number of isocyanates is 2. The van der Waals surface area contributed by atoms with E-state index in [1.165, 1.54) is 0 Å². The lowest BCUT2D eigenvalue weighted by molar-refractivity contribution is 0.0614. The topological polar surface area (TPSA) is 114 Å². The maximum absolute atomic E-state index is 10.4. The Balaban J connectivity index is 0. The zero-order valence-electron chi connectivity index (χ0n) is 21.0. The highest BCUT2D eigenvalue weighted by Gasteiger charge is 2.49. The monoisotopic (exact) mass is 494 g/mol. The second-order valence-electron chi connectivity index (χ2n) is 6.09. The third kappa shape index (κ3) is 11.2. The van der Waals surface area contributed by atoms with Crippen LogP contribution in [0, 0.1) is 0 Å². The van der Waals surface area contributed by atoms with E-state index >= 15 is 0 Å². The van der Waals surface area contributed by atoms with Gasteiger partial charge in [-0.1, -0.05) is 13.8 Å². The molecule has 188 valence electrons. The largest absolute Gasteiger partial charge is 0.527 e. The van der Waals surface area contributed by atoms with E-state index in [9.17, 15) is 9.59 Å². The van der Waals surface area contributed by atoms with Gasteiger partial charge in [0.25, 0.3) is 0 Å². The molecule has 0 aromatic carbocycles. The van der Waals surface area contributed by atoms with Crippen molar-refractivity contribution < 1.29 is 36.1 Å². The summed E-state index contributed by atoms with van der Waals surface area (Å²) in [6, 6.07) is 0. The number of nitrogens with zero attached hydrogens (tertiary/aromatic N) is 2. The Morgan fingerprint density at radius 2 is 0.750 bits per heavy atom. The molecule has 0 heterocycles. The summed E-state index contributed by atoms with van der Waals surface area (Å²) in [6.45, 7) is 18.0. The molecule has 0 amide bonds. The zero-order valence-corrected chi connectivity index (χ0v) is 23.0. The Bertz CT molecular complexity index is 476. The van der Waals surface area contributed by atoms with Gasteiger partial charge in [-0.05, 0) is 54.4 Å². The highest BCUT2D eigenvalue weighted by atomic mass is 28.4. The average molecular weight is 495 g/mol. The summed E-state index contributed by atoms with van der Waals surface area (Å²) < 4.78 is 33.8. The van der Waals surface area contributed by atoms with Crippen molar-refractivity contribution in [2.24, 2.45) is 9.98 Å². The molecule has 0 saturated carbocycles. The van der Waals surface area contributed by atoms with Gasteiger partial charge < -0.3 is 26.6 Å². The van der Waals surface area contributed by atoms with Crippen LogP contribution in [0.3, 0.4) is 0 Å². The molecule has 0 fully saturated rings. The first-order chi connectivity index (χ1) is 15.4. The van der Waals surface area contributed by atoms with Crippen molar-refractivity contribution in [1.29, 1.82) is 0 Å². The van der Waals surface area contributed by atoms with E-state index in [1.807, 2.05) is 55.4 Å². The van der Waals surface area contributed by atoms with Crippen LogP contribution in [0.2, 0.25) is 0 Å². The molecule has 2 unspecified atom stereocenters. The van der Waals surface area contributed by atoms with Gasteiger partial charge in [0.05, 0.1) is 0 Å². The van der Waals surface area contributed by atoms with E-state index in [-0.39, 0.29) is 11.3 Å². The predicted octanol–water partition coefficient (Wildman–Crippen LogP) is 3.38. The fraction of sp³-hybridized carbons (Fsp3) is 0.900. The highest BCUT2D eigenvalue weighted by Crippen LogP contribution is 2.21. The maximum atomic E-state index is 10.4. The summed E-state index contributed by atoms with van der Waals surface area (Å²) in [5.74, 6) is 0. The summed E-state index contributed by atoms with van der Waals surface area (Å²) in [6.07, 6.45) is 4.42. The van der Waals surface area contributed by atoms with Crippen LogP contribution >= 0.6 is 0 Å². The molecule has 32 heavy (non-hydrogen) atoms. The maximum Gasteiger partial charge on any atom is 0.527 e. The minimum absolute atomic E-state index is 0.357. The Kier molecular flexibility index (Phi) is 21.3. The van der Waals surface area contributed by atoms with Gasteiger partial charge in [0.2, 0.25) is 12.2 Å². The molecule has 0 spiro atoms. The van der Waals surface area contributed by atoms with Crippen molar-refractivity contribution in [1.82, 2.24) is 0 Å². The SMILES string of the molecule is CCO[Si](OCC)(OCC)C(CC)N=C=O.CCO[Si](OCC)(OCC)C(CC)N=C=O. The number of hydrogen-bond donors (Lipinski definition) is 0. The van der Waals surface area contributed by atoms with Crippen molar-refractivity contribution in [2.75, 3.05) is 39.6 Å². The fourth-order valence-electron chi connectivity index (χ4n) is 3.00. The second kappa shape index (κ2) is 20.6. The molecule has 10 nitrogen and oxygen atoms in total. The number of hydrogen-bond acceptors (Lipinski definition) is 10. The summed E-state index contributed by atoms with van der Waals surface area (Å²) in [5, 5.41) is 0. The smallest absolute Gasteiger partial charge is 0.372 e. The van der Waals surface area contributed by atoms with Gasteiger partial charge in [0.15, 0.2) is 0 Å². The summed E-state index contributed by atoms with van der Waals surface area (Å²) in [4.78, 5) is 28.3. The van der Waals surface area contributed by atoms with Crippen molar-refractivity contribution in [3.8, 4) is 0 Å². The Morgan fingerprint density at radius 1 is 0.531 bits per heavy atom. The van der Waals surface area contributed by atoms with Crippen LogP contribution in [0.1, 0.15) is 68.2 Å². The first-order valence-corrected chi connectivity index (χ1v) is 15.0. The molecule has 0 saturated heterocycles. The third-order valence-corrected chi connectivity index (χ3v) is 10.9. The first-order valence-electron chi connectivity index (χ1n) is 11.4. The lowest BCUT2D eigenvalue weighted by Gasteiger charge is -2.31. The average Bonchev–Trinajstić information content (AvgIpc) is 2.77. The zero-order chi connectivity index (χ0) is 24.9. The van der Waals surface area contributed by atoms with Crippen LogP contribution < -0.4 is 0 Å². The Labute approximate surface area is 195 Å². The number of rotatable bonds is 18. The standard InChI is InChI=1S/2C10H21NO4Si/c2*1-5-10(11-9-12)16(13-6-2,14-7-3)15-8-4/h2*10H,5-8H2,1-4H3. The fourth-order valence-corrected chi connectivity index (χ4v) is 8.49. The van der Waals surface area contributed by atoms with E-state index in [4.69, 9.17) is 26.6 Å². The van der Waals surface area contributed by atoms with E-state index in [2.05, 4.69) is 9.98 Å². The normalized spacial score (nSPS) is 13.2. The summed E-state index contributed by atoms with van der Waals surface area (Å²) in [5.41, 5.74) is -0.713. The summed E-state index contributed by atoms with van der Waals surface area (Å²) in [7, 11) is -5.75. The van der Waals surface area contributed by atoms with Crippen LogP contribution in [0.5, 0.6) is 0 Å². The van der Waals surface area contributed by atoms with Crippen molar-refractivity contribution in [3.63, 3.8) is 0 Å². The molecule has 12 heteroatoms. The van der Waals surface area contributed by atoms with Gasteiger partial charge >= 0.3 is 17.6 Å². The second-order valence-corrected chi connectivity index (χ2v) is 11.6. The van der Waals surface area contributed by atoms with Crippen molar-refractivity contribution in [2.45, 2.75) is 79.6 Å². The third-order valence-electron chi connectivity index (χ3n) is 4.08. The minimum atomic E-state index is -2.88. The molecule has 0 aromatic rings. The van der Waals surface area contributed by atoms with Gasteiger partial charge in [-0.2, -0.15) is 9.98 Å². The molecule has 2 atom stereocenters. The van der Waals surface area contributed by atoms with Gasteiger partial charge in [0.1, 0.15) is 11.3 Å². The summed E-state index contributed by atoms with van der Waals surface area (Å²) >= 11 is 0. The van der Waals surface area contributed by atoms with E-state index in [1.54, 1.807) is 12.2 Å². The molecule has 0 aromatic heterocycles. The number of aliphatic imine (C=N–C) groups is 2. The number of carbonyl (C=O) groups excluding carboxylic acids is 2. The van der Waals surface area contributed by atoms with E-state index in [0.29, 0.717) is 52.5 Å². The molecular formula is C20H42N2O8Si2. The molecule has 0 rings (SSSR count).